The molecule has 1 rings (SSSR count). The number of thioether (sulfide) groups is 1. The maximum Gasteiger partial charge on any atom is 0.315 e. The van der Waals surface area contributed by atoms with Crippen molar-refractivity contribution in [3.05, 3.63) is 0 Å². The number of carbonyl (C=O) groups is 1. The molecule has 0 saturated carbocycles. The highest BCUT2D eigenvalue weighted by Crippen LogP contribution is 2.34. The van der Waals surface area contributed by atoms with Crippen LogP contribution >= 0.6 is 11.8 Å². The molecule has 0 aliphatic carbocycles. The van der Waals surface area contributed by atoms with Gasteiger partial charge in [-0.15, -0.1) is 0 Å². The van der Waals surface area contributed by atoms with E-state index >= 15 is 0 Å². The summed E-state index contributed by atoms with van der Waals surface area (Å²) in [6.07, 6.45) is 3.30. The van der Waals surface area contributed by atoms with E-state index in [9.17, 15) is 4.79 Å². The SMILES string of the molecule is CSC[C@H](C)NC(=O)NC[C@H]1CCO[C@@H]1C(C)(C)C. The second-order valence-corrected chi connectivity index (χ2v) is 7.33. The molecule has 1 aliphatic heterocycles. The molecule has 0 aromatic rings. The molecule has 0 aromatic carbocycles. The molecule has 1 heterocycles. The van der Waals surface area contributed by atoms with Gasteiger partial charge in [0.05, 0.1) is 6.10 Å². The van der Waals surface area contributed by atoms with Gasteiger partial charge in [-0.3, -0.25) is 0 Å². The third-order valence-electron chi connectivity index (χ3n) is 3.39. The molecule has 1 saturated heterocycles. The van der Waals surface area contributed by atoms with Crippen LogP contribution in [-0.4, -0.2) is 43.3 Å². The summed E-state index contributed by atoms with van der Waals surface area (Å²) in [7, 11) is 0. The van der Waals surface area contributed by atoms with Crippen molar-refractivity contribution in [1.29, 1.82) is 0 Å². The topological polar surface area (TPSA) is 50.4 Å². The number of hydrogen-bond acceptors (Lipinski definition) is 3. The van der Waals surface area contributed by atoms with Crippen LogP contribution in [0.2, 0.25) is 0 Å². The van der Waals surface area contributed by atoms with Gasteiger partial charge in [-0.1, -0.05) is 20.8 Å². The second-order valence-electron chi connectivity index (χ2n) is 6.42. The van der Waals surface area contributed by atoms with Gasteiger partial charge in [-0.25, -0.2) is 4.79 Å². The fraction of sp³-hybridized carbons (Fsp3) is 0.929. The van der Waals surface area contributed by atoms with Crippen molar-refractivity contribution in [2.75, 3.05) is 25.2 Å². The van der Waals surface area contributed by atoms with E-state index < -0.39 is 0 Å². The van der Waals surface area contributed by atoms with Gasteiger partial charge in [0.15, 0.2) is 0 Å². The zero-order chi connectivity index (χ0) is 14.5. The molecule has 2 amide bonds. The van der Waals surface area contributed by atoms with Crippen molar-refractivity contribution < 1.29 is 9.53 Å². The maximum absolute atomic E-state index is 11.8. The van der Waals surface area contributed by atoms with Crippen LogP contribution in [0.4, 0.5) is 4.79 Å². The Labute approximate surface area is 121 Å². The van der Waals surface area contributed by atoms with Crippen LogP contribution in [-0.2, 0) is 4.74 Å². The van der Waals surface area contributed by atoms with E-state index in [0.29, 0.717) is 12.5 Å². The Balaban J connectivity index is 2.33. The molecule has 5 heteroatoms. The lowest BCUT2D eigenvalue weighted by atomic mass is 9.81. The quantitative estimate of drug-likeness (QED) is 0.817. The van der Waals surface area contributed by atoms with Gasteiger partial charge < -0.3 is 15.4 Å². The fourth-order valence-corrected chi connectivity index (χ4v) is 3.17. The van der Waals surface area contributed by atoms with E-state index in [1.54, 1.807) is 11.8 Å². The molecule has 0 bridgehead atoms. The highest BCUT2D eigenvalue weighted by atomic mass is 32.2. The lowest BCUT2D eigenvalue weighted by Crippen LogP contribution is -2.45. The van der Waals surface area contributed by atoms with Crippen LogP contribution in [0.1, 0.15) is 34.1 Å². The standard InChI is InChI=1S/C14H28N2O2S/c1-10(9-19-5)16-13(17)15-8-11-6-7-18-12(11)14(2,3)4/h10-12H,6-9H2,1-5H3,(H2,15,16,17)/t10-,11+,12-/m0/s1. The number of amides is 2. The predicted molar refractivity (Wildman–Crippen MR) is 81.7 cm³/mol. The van der Waals surface area contributed by atoms with Crippen LogP contribution in [0.5, 0.6) is 0 Å². The van der Waals surface area contributed by atoms with E-state index in [-0.39, 0.29) is 23.6 Å². The van der Waals surface area contributed by atoms with Crippen molar-refractivity contribution in [2.45, 2.75) is 46.3 Å². The van der Waals surface area contributed by atoms with Crippen LogP contribution in [0.25, 0.3) is 0 Å². The molecule has 112 valence electrons. The summed E-state index contributed by atoms with van der Waals surface area (Å²) in [6, 6.07) is 0.134. The highest BCUT2D eigenvalue weighted by Gasteiger charge is 2.37. The molecule has 3 atom stereocenters. The second kappa shape index (κ2) is 7.39. The van der Waals surface area contributed by atoms with Gasteiger partial charge in [0, 0.05) is 30.9 Å². The molecule has 4 nitrogen and oxygen atoms in total. The molecule has 1 fully saturated rings. The monoisotopic (exact) mass is 288 g/mol. The molecule has 1 aliphatic rings. The Morgan fingerprint density at radius 1 is 1.47 bits per heavy atom. The van der Waals surface area contributed by atoms with Crippen LogP contribution in [0.15, 0.2) is 0 Å². The van der Waals surface area contributed by atoms with Gasteiger partial charge in [0.25, 0.3) is 0 Å². The fourth-order valence-electron chi connectivity index (χ4n) is 2.59. The maximum atomic E-state index is 11.8. The molecule has 0 unspecified atom stereocenters. The zero-order valence-corrected chi connectivity index (χ0v) is 13.6. The Bertz CT molecular complexity index is 292. The predicted octanol–water partition coefficient (Wildman–Crippen LogP) is 2.49. The Morgan fingerprint density at radius 2 is 2.16 bits per heavy atom. The minimum Gasteiger partial charge on any atom is -0.377 e. The van der Waals surface area contributed by atoms with E-state index in [0.717, 1.165) is 18.8 Å². The summed E-state index contributed by atoms with van der Waals surface area (Å²) < 4.78 is 5.81. The lowest BCUT2D eigenvalue weighted by molar-refractivity contribution is 0.00774. The summed E-state index contributed by atoms with van der Waals surface area (Å²) in [5, 5.41) is 5.92. The first-order valence-electron chi connectivity index (χ1n) is 6.99. The summed E-state index contributed by atoms with van der Waals surface area (Å²) in [6.45, 7) is 10.1. The van der Waals surface area contributed by atoms with Gasteiger partial charge in [-0.05, 0) is 25.0 Å². The summed E-state index contributed by atoms with van der Waals surface area (Å²) in [4.78, 5) is 11.8. The average Bonchev–Trinajstić information content (AvgIpc) is 2.74. The van der Waals surface area contributed by atoms with E-state index in [1.807, 2.05) is 13.2 Å². The van der Waals surface area contributed by atoms with E-state index in [4.69, 9.17) is 4.74 Å². The smallest absolute Gasteiger partial charge is 0.315 e. The number of hydrogen-bond donors (Lipinski definition) is 2. The molecule has 0 aromatic heterocycles. The largest absolute Gasteiger partial charge is 0.377 e. The molecule has 19 heavy (non-hydrogen) atoms. The minimum atomic E-state index is -0.0684. The minimum absolute atomic E-state index is 0.0684. The summed E-state index contributed by atoms with van der Waals surface area (Å²) in [5.41, 5.74) is 0.130. The summed E-state index contributed by atoms with van der Waals surface area (Å²) in [5.74, 6) is 1.35. The Morgan fingerprint density at radius 3 is 2.74 bits per heavy atom. The molecular weight excluding hydrogens is 260 g/mol. The number of rotatable bonds is 5. The number of nitrogens with one attached hydrogen (secondary N) is 2. The first-order chi connectivity index (χ1) is 8.84. The Kier molecular flexibility index (Phi) is 6.47. The normalized spacial score (nSPS) is 25.1. The first kappa shape index (κ1) is 16.6. The van der Waals surface area contributed by atoms with Crippen molar-refractivity contribution in [2.24, 2.45) is 11.3 Å². The third kappa shape index (κ3) is 5.61. The molecular formula is C14H28N2O2S. The molecule has 0 spiro atoms. The van der Waals surface area contributed by atoms with Crippen molar-refractivity contribution in [3.8, 4) is 0 Å². The average molecular weight is 288 g/mol. The van der Waals surface area contributed by atoms with Crippen LogP contribution in [0.3, 0.4) is 0 Å². The lowest BCUT2D eigenvalue weighted by Gasteiger charge is -2.31. The molecule has 2 N–H and O–H groups in total. The highest BCUT2D eigenvalue weighted by molar-refractivity contribution is 7.98. The van der Waals surface area contributed by atoms with Gasteiger partial charge >= 0.3 is 6.03 Å². The number of ether oxygens (including phenoxy) is 1. The van der Waals surface area contributed by atoms with Gasteiger partial charge in [0.1, 0.15) is 0 Å². The zero-order valence-electron chi connectivity index (χ0n) is 12.8. The Hall–Kier alpha value is -0.420. The van der Waals surface area contributed by atoms with Crippen molar-refractivity contribution in [1.82, 2.24) is 10.6 Å². The number of carbonyl (C=O) groups excluding carboxylic acids is 1. The van der Waals surface area contributed by atoms with E-state index in [2.05, 4.69) is 31.4 Å². The third-order valence-corrected chi connectivity index (χ3v) is 4.22. The van der Waals surface area contributed by atoms with Crippen LogP contribution in [0, 0.1) is 11.3 Å². The van der Waals surface area contributed by atoms with Crippen molar-refractivity contribution in [3.63, 3.8) is 0 Å². The first-order valence-corrected chi connectivity index (χ1v) is 8.39. The van der Waals surface area contributed by atoms with Gasteiger partial charge in [0.2, 0.25) is 0 Å². The molecule has 0 radical (unpaired) electrons. The van der Waals surface area contributed by atoms with E-state index in [1.165, 1.54) is 0 Å². The van der Waals surface area contributed by atoms with Gasteiger partial charge in [-0.2, -0.15) is 11.8 Å². The summed E-state index contributed by atoms with van der Waals surface area (Å²) >= 11 is 1.74. The van der Waals surface area contributed by atoms with Crippen LogP contribution < -0.4 is 10.6 Å². The number of urea groups is 1. The van der Waals surface area contributed by atoms with Crippen molar-refractivity contribution >= 4 is 17.8 Å².